The van der Waals surface area contributed by atoms with Gasteiger partial charge in [0.1, 0.15) is 17.3 Å². The molecule has 1 atom stereocenters. The molecule has 0 radical (unpaired) electrons. The number of Topliss-reactive ketones (excluding diaryl/α,β-unsaturated/α-hetero) is 1. The molecule has 188 valence electrons. The number of para-hydroxylation sites is 1. The van der Waals surface area contributed by atoms with Crippen molar-refractivity contribution in [2.75, 3.05) is 18.6 Å². The van der Waals surface area contributed by atoms with Crippen molar-refractivity contribution in [2.24, 2.45) is 0 Å². The lowest BCUT2D eigenvalue weighted by Crippen LogP contribution is -2.29. The quantitative estimate of drug-likeness (QED) is 0.199. The number of anilines is 1. The summed E-state index contributed by atoms with van der Waals surface area (Å²) in [6.45, 7) is 6.19. The van der Waals surface area contributed by atoms with Crippen molar-refractivity contribution in [3.05, 3.63) is 94.7 Å². The molecule has 4 aromatic rings. The maximum Gasteiger partial charge on any atom is 0.300 e. The van der Waals surface area contributed by atoms with Crippen LogP contribution in [-0.4, -0.2) is 35.5 Å². The Morgan fingerprint density at radius 3 is 2.43 bits per heavy atom. The molecule has 0 bridgehead atoms. The fourth-order valence-electron chi connectivity index (χ4n) is 5.04. The third-order valence-corrected chi connectivity index (χ3v) is 6.76. The van der Waals surface area contributed by atoms with Crippen LogP contribution < -0.4 is 14.4 Å². The van der Waals surface area contributed by atoms with Gasteiger partial charge in [-0.05, 0) is 74.9 Å². The molecular formula is C30H28N2O5. The first-order chi connectivity index (χ1) is 17.8. The summed E-state index contributed by atoms with van der Waals surface area (Å²) in [6.07, 6.45) is 0. The first kappa shape index (κ1) is 24.2. The number of aromatic nitrogens is 1. The number of ketones is 1. The second kappa shape index (κ2) is 9.50. The number of hydrogen-bond acceptors (Lipinski definition) is 5. The lowest BCUT2D eigenvalue weighted by atomic mass is 9.92. The van der Waals surface area contributed by atoms with Gasteiger partial charge in [0.25, 0.3) is 11.7 Å². The number of carbonyl (C=O) groups is 2. The molecule has 7 nitrogen and oxygen atoms in total. The highest BCUT2D eigenvalue weighted by Crippen LogP contribution is 2.45. The Bertz CT molecular complexity index is 1550. The zero-order valence-electron chi connectivity index (χ0n) is 21.2. The molecule has 1 aliphatic rings. The highest BCUT2D eigenvalue weighted by atomic mass is 16.5. The van der Waals surface area contributed by atoms with E-state index in [9.17, 15) is 14.7 Å². The number of aliphatic hydroxyl groups is 1. The molecule has 0 spiro atoms. The van der Waals surface area contributed by atoms with Gasteiger partial charge in [0.05, 0.1) is 25.3 Å². The van der Waals surface area contributed by atoms with Crippen molar-refractivity contribution in [3.8, 4) is 11.5 Å². The molecule has 1 unspecified atom stereocenters. The minimum Gasteiger partial charge on any atom is -0.507 e. The number of ether oxygens (including phenoxy) is 2. The second-order valence-corrected chi connectivity index (χ2v) is 8.99. The standard InChI is InChI=1S/C30H28N2O5/c1-5-37-24-15-10-19(16-17(24)2)28(33)26-27(25-18(3)31-23-9-7-6-8-22(23)25)32(30(35)29(26)34)20-11-13-21(36-4)14-12-20/h6-16,27,31,33H,5H2,1-4H3/b28-26+. The third-order valence-electron chi connectivity index (χ3n) is 6.76. The van der Waals surface area contributed by atoms with Crippen molar-refractivity contribution in [1.82, 2.24) is 4.98 Å². The monoisotopic (exact) mass is 496 g/mol. The summed E-state index contributed by atoms with van der Waals surface area (Å²) in [6, 6.07) is 19.1. The van der Waals surface area contributed by atoms with Crippen LogP contribution in [-0.2, 0) is 9.59 Å². The number of amides is 1. The Balaban J connectivity index is 1.76. The lowest BCUT2D eigenvalue weighted by molar-refractivity contribution is -0.132. The topological polar surface area (TPSA) is 91.9 Å². The fraction of sp³-hybridized carbons (Fsp3) is 0.200. The zero-order chi connectivity index (χ0) is 26.3. The Hall–Kier alpha value is -4.52. The molecule has 0 saturated carbocycles. The average molecular weight is 497 g/mol. The summed E-state index contributed by atoms with van der Waals surface area (Å²) in [5, 5.41) is 12.4. The van der Waals surface area contributed by atoms with Crippen molar-refractivity contribution >= 4 is 34.0 Å². The molecule has 1 fully saturated rings. The van der Waals surface area contributed by atoms with E-state index in [1.54, 1.807) is 49.6 Å². The molecular weight excluding hydrogens is 468 g/mol. The average Bonchev–Trinajstić information content (AvgIpc) is 3.37. The normalized spacial score (nSPS) is 17.0. The van der Waals surface area contributed by atoms with Gasteiger partial charge in [-0.2, -0.15) is 0 Å². The van der Waals surface area contributed by atoms with Gasteiger partial charge in [0.2, 0.25) is 0 Å². The molecule has 1 aromatic heterocycles. The number of aryl methyl sites for hydroxylation is 2. The summed E-state index contributed by atoms with van der Waals surface area (Å²) in [7, 11) is 1.56. The number of aromatic amines is 1. The number of nitrogens with one attached hydrogen (secondary N) is 1. The third kappa shape index (κ3) is 4.02. The van der Waals surface area contributed by atoms with Gasteiger partial charge in [-0.25, -0.2) is 0 Å². The van der Waals surface area contributed by atoms with E-state index < -0.39 is 17.7 Å². The molecule has 5 rings (SSSR count). The summed E-state index contributed by atoms with van der Waals surface area (Å²) < 4.78 is 10.9. The minimum absolute atomic E-state index is 0.0391. The van der Waals surface area contributed by atoms with Crippen LogP contribution in [0.25, 0.3) is 16.7 Å². The summed E-state index contributed by atoms with van der Waals surface area (Å²) >= 11 is 0. The van der Waals surface area contributed by atoms with Gasteiger partial charge in [-0.1, -0.05) is 18.2 Å². The fourth-order valence-corrected chi connectivity index (χ4v) is 5.04. The predicted molar refractivity (Wildman–Crippen MR) is 143 cm³/mol. The van der Waals surface area contributed by atoms with Gasteiger partial charge in [-0.3, -0.25) is 14.5 Å². The molecule has 7 heteroatoms. The van der Waals surface area contributed by atoms with Crippen LogP contribution in [0.5, 0.6) is 11.5 Å². The summed E-state index contributed by atoms with van der Waals surface area (Å²) in [5.41, 5.74) is 4.27. The maximum atomic E-state index is 13.6. The molecule has 37 heavy (non-hydrogen) atoms. The van der Waals surface area contributed by atoms with E-state index in [2.05, 4.69) is 4.98 Å². The van der Waals surface area contributed by atoms with Crippen molar-refractivity contribution in [1.29, 1.82) is 0 Å². The van der Waals surface area contributed by atoms with Gasteiger partial charge in [0, 0.05) is 33.4 Å². The number of H-pyrrole nitrogens is 1. The van der Waals surface area contributed by atoms with E-state index in [0.717, 1.165) is 27.7 Å². The molecule has 1 amide bonds. The Morgan fingerprint density at radius 2 is 1.76 bits per heavy atom. The van der Waals surface area contributed by atoms with Crippen LogP contribution in [0.15, 0.2) is 72.3 Å². The van der Waals surface area contributed by atoms with Gasteiger partial charge in [-0.15, -0.1) is 0 Å². The molecule has 3 aromatic carbocycles. The van der Waals surface area contributed by atoms with Crippen LogP contribution in [0, 0.1) is 13.8 Å². The minimum atomic E-state index is -0.837. The van der Waals surface area contributed by atoms with Crippen LogP contribution in [0.4, 0.5) is 5.69 Å². The lowest BCUT2D eigenvalue weighted by Gasteiger charge is -2.26. The Labute approximate surface area is 214 Å². The highest BCUT2D eigenvalue weighted by Gasteiger charge is 2.48. The largest absolute Gasteiger partial charge is 0.507 e. The highest BCUT2D eigenvalue weighted by molar-refractivity contribution is 6.52. The van der Waals surface area contributed by atoms with Crippen molar-refractivity contribution < 1.29 is 24.2 Å². The summed E-state index contributed by atoms with van der Waals surface area (Å²) in [4.78, 5) is 31.9. The maximum absolute atomic E-state index is 13.6. The number of benzene rings is 3. The number of methoxy groups -OCH3 is 1. The van der Waals surface area contributed by atoms with E-state index in [1.807, 2.05) is 45.0 Å². The van der Waals surface area contributed by atoms with Crippen molar-refractivity contribution in [3.63, 3.8) is 0 Å². The van der Waals surface area contributed by atoms with Crippen LogP contribution in [0.1, 0.15) is 35.3 Å². The zero-order valence-corrected chi connectivity index (χ0v) is 21.2. The first-order valence-corrected chi connectivity index (χ1v) is 12.1. The number of rotatable bonds is 6. The van der Waals surface area contributed by atoms with E-state index in [4.69, 9.17) is 9.47 Å². The number of carbonyl (C=O) groups excluding carboxylic acids is 2. The number of nitrogens with zero attached hydrogens (tertiary/aromatic N) is 1. The number of fused-ring (bicyclic) bond motifs is 1. The predicted octanol–water partition coefficient (Wildman–Crippen LogP) is 5.82. The molecule has 2 heterocycles. The SMILES string of the molecule is CCOc1ccc(/C(O)=C2\C(=O)C(=O)N(c3ccc(OC)cc3)C2c2c(C)[nH]c3ccccc23)cc1C. The van der Waals surface area contributed by atoms with E-state index in [0.29, 0.717) is 29.4 Å². The van der Waals surface area contributed by atoms with E-state index in [-0.39, 0.29) is 11.3 Å². The van der Waals surface area contributed by atoms with E-state index >= 15 is 0 Å². The second-order valence-electron chi connectivity index (χ2n) is 8.99. The molecule has 2 N–H and O–H groups in total. The Morgan fingerprint density at radius 1 is 1.03 bits per heavy atom. The van der Waals surface area contributed by atoms with Gasteiger partial charge < -0.3 is 19.6 Å². The Kier molecular flexibility index (Phi) is 6.21. The molecule has 0 aliphatic carbocycles. The van der Waals surface area contributed by atoms with Crippen LogP contribution >= 0.6 is 0 Å². The number of aliphatic hydroxyl groups excluding tert-OH is 1. The smallest absolute Gasteiger partial charge is 0.300 e. The van der Waals surface area contributed by atoms with Gasteiger partial charge >= 0.3 is 0 Å². The molecule has 1 saturated heterocycles. The molecule has 1 aliphatic heterocycles. The van der Waals surface area contributed by atoms with Crippen molar-refractivity contribution in [2.45, 2.75) is 26.8 Å². The van der Waals surface area contributed by atoms with Crippen LogP contribution in [0.3, 0.4) is 0 Å². The van der Waals surface area contributed by atoms with E-state index in [1.165, 1.54) is 4.90 Å². The van der Waals surface area contributed by atoms with Crippen LogP contribution in [0.2, 0.25) is 0 Å². The summed E-state index contributed by atoms with van der Waals surface area (Å²) in [5.74, 6) is -0.347. The van der Waals surface area contributed by atoms with Gasteiger partial charge in [0.15, 0.2) is 0 Å². The number of hydrogen-bond donors (Lipinski definition) is 2. The first-order valence-electron chi connectivity index (χ1n) is 12.1.